The number of benzene rings is 2. The molecule has 0 saturated heterocycles. The fraction of sp³-hybridized carbons (Fsp3) is 0.278. The number of aromatic nitrogens is 3. The first-order valence-electron chi connectivity index (χ1n) is 7.91. The van der Waals surface area contributed by atoms with Gasteiger partial charge in [0, 0.05) is 6.54 Å². The highest BCUT2D eigenvalue weighted by Gasteiger charge is 2.15. The van der Waals surface area contributed by atoms with E-state index in [0.717, 1.165) is 11.0 Å². The monoisotopic (exact) mass is 323 g/mol. The van der Waals surface area contributed by atoms with Crippen LogP contribution in [0.1, 0.15) is 11.6 Å². The van der Waals surface area contributed by atoms with Gasteiger partial charge in [-0.1, -0.05) is 47.7 Å². The molecule has 1 unspecified atom stereocenters. The quantitative estimate of drug-likeness (QED) is 0.752. The molecule has 0 bridgehead atoms. The van der Waals surface area contributed by atoms with E-state index in [2.05, 4.69) is 32.7 Å². The summed E-state index contributed by atoms with van der Waals surface area (Å²) in [7, 11) is 4.02. The topological polar surface area (TPSA) is 63.1 Å². The highest BCUT2D eigenvalue weighted by molar-refractivity contribution is 5.79. The third-order valence-electron chi connectivity index (χ3n) is 4.01. The highest BCUT2D eigenvalue weighted by Crippen LogP contribution is 2.16. The van der Waals surface area contributed by atoms with E-state index < -0.39 is 0 Å². The third kappa shape index (κ3) is 3.60. The molecule has 1 amide bonds. The lowest BCUT2D eigenvalue weighted by Gasteiger charge is -2.25. The van der Waals surface area contributed by atoms with Crippen molar-refractivity contribution in [1.29, 1.82) is 0 Å². The van der Waals surface area contributed by atoms with Crippen LogP contribution in [0.5, 0.6) is 0 Å². The number of carbonyl (C=O) groups excluding carboxylic acids is 1. The fourth-order valence-electron chi connectivity index (χ4n) is 2.71. The van der Waals surface area contributed by atoms with Gasteiger partial charge in [0.25, 0.3) is 0 Å². The number of rotatable bonds is 6. The van der Waals surface area contributed by atoms with Crippen molar-refractivity contribution < 1.29 is 4.79 Å². The Labute approximate surface area is 141 Å². The lowest BCUT2D eigenvalue weighted by Crippen LogP contribution is -2.36. The maximum atomic E-state index is 12.3. The van der Waals surface area contributed by atoms with Crippen molar-refractivity contribution in [2.75, 3.05) is 20.6 Å². The average molecular weight is 323 g/mol. The Morgan fingerprint density at radius 3 is 2.58 bits per heavy atom. The zero-order valence-corrected chi connectivity index (χ0v) is 13.9. The summed E-state index contributed by atoms with van der Waals surface area (Å²) < 4.78 is 1.62. The molecule has 6 heteroatoms. The van der Waals surface area contributed by atoms with Gasteiger partial charge >= 0.3 is 0 Å². The number of nitrogens with zero attached hydrogens (tertiary/aromatic N) is 4. The summed E-state index contributed by atoms with van der Waals surface area (Å²) in [5, 5.41) is 11.1. The Bertz CT molecular complexity index is 812. The summed E-state index contributed by atoms with van der Waals surface area (Å²) in [5.41, 5.74) is 2.83. The number of amides is 1. The Morgan fingerprint density at radius 1 is 1.12 bits per heavy atom. The molecule has 0 spiro atoms. The van der Waals surface area contributed by atoms with Crippen molar-refractivity contribution in [2.24, 2.45) is 0 Å². The van der Waals surface area contributed by atoms with E-state index in [0.29, 0.717) is 6.54 Å². The van der Waals surface area contributed by atoms with Crippen LogP contribution in [0.4, 0.5) is 0 Å². The lowest BCUT2D eigenvalue weighted by atomic mass is 10.1. The average Bonchev–Trinajstić information content (AvgIpc) is 2.99. The van der Waals surface area contributed by atoms with Crippen molar-refractivity contribution in [2.45, 2.75) is 12.6 Å². The standard InChI is InChI=1S/C18H21N5O/c1-22(2)17(14-8-4-3-5-9-14)12-19-18(24)13-23-16-11-7-6-10-15(16)20-21-23/h3-11,17H,12-13H2,1-2H3,(H,19,24). The molecule has 1 aromatic heterocycles. The van der Waals surface area contributed by atoms with Gasteiger partial charge in [-0.25, -0.2) is 4.68 Å². The summed E-state index contributed by atoms with van der Waals surface area (Å²) in [4.78, 5) is 14.4. The second-order valence-electron chi connectivity index (χ2n) is 5.93. The third-order valence-corrected chi connectivity index (χ3v) is 4.01. The molecule has 3 rings (SSSR count). The van der Waals surface area contributed by atoms with Crippen LogP contribution in [0.25, 0.3) is 11.0 Å². The van der Waals surface area contributed by atoms with Gasteiger partial charge in [-0.3, -0.25) is 4.79 Å². The minimum absolute atomic E-state index is 0.0755. The first-order valence-corrected chi connectivity index (χ1v) is 7.91. The molecule has 3 aromatic rings. The molecule has 124 valence electrons. The van der Waals surface area contributed by atoms with Crippen LogP contribution in [0.2, 0.25) is 0 Å². The number of carbonyl (C=O) groups is 1. The highest BCUT2D eigenvalue weighted by atomic mass is 16.2. The molecule has 1 N–H and O–H groups in total. The van der Waals surface area contributed by atoms with Gasteiger partial charge in [-0.15, -0.1) is 5.10 Å². The van der Waals surface area contributed by atoms with E-state index >= 15 is 0 Å². The van der Waals surface area contributed by atoms with Crippen molar-refractivity contribution in [3.63, 3.8) is 0 Å². The van der Waals surface area contributed by atoms with Gasteiger partial charge in [-0.05, 0) is 31.8 Å². The van der Waals surface area contributed by atoms with Gasteiger partial charge in [0.2, 0.25) is 5.91 Å². The zero-order valence-electron chi connectivity index (χ0n) is 13.9. The van der Waals surface area contributed by atoms with Crippen LogP contribution >= 0.6 is 0 Å². The van der Waals surface area contributed by atoms with Gasteiger partial charge in [0.15, 0.2) is 0 Å². The summed E-state index contributed by atoms with van der Waals surface area (Å²) in [6.07, 6.45) is 0. The lowest BCUT2D eigenvalue weighted by molar-refractivity contribution is -0.122. The summed E-state index contributed by atoms with van der Waals surface area (Å²) >= 11 is 0. The molecular weight excluding hydrogens is 302 g/mol. The van der Waals surface area contributed by atoms with Gasteiger partial charge < -0.3 is 10.2 Å². The summed E-state index contributed by atoms with van der Waals surface area (Å²) in [6, 6.07) is 17.9. The van der Waals surface area contributed by atoms with E-state index in [1.165, 1.54) is 5.56 Å². The Hall–Kier alpha value is -2.73. The summed E-state index contributed by atoms with van der Waals surface area (Å²) in [5.74, 6) is -0.0755. The fourth-order valence-corrected chi connectivity index (χ4v) is 2.71. The molecule has 1 atom stereocenters. The number of fused-ring (bicyclic) bond motifs is 1. The van der Waals surface area contributed by atoms with Crippen molar-refractivity contribution in [3.05, 3.63) is 60.2 Å². The molecule has 0 saturated carbocycles. The number of para-hydroxylation sites is 1. The predicted molar refractivity (Wildman–Crippen MR) is 93.4 cm³/mol. The van der Waals surface area contributed by atoms with E-state index in [9.17, 15) is 4.79 Å². The molecule has 0 aliphatic carbocycles. The second kappa shape index (κ2) is 7.23. The molecule has 1 heterocycles. The number of hydrogen-bond acceptors (Lipinski definition) is 4. The molecule has 2 aromatic carbocycles. The van der Waals surface area contributed by atoms with Crippen LogP contribution in [0, 0.1) is 0 Å². The van der Waals surface area contributed by atoms with Crippen LogP contribution < -0.4 is 5.32 Å². The minimum Gasteiger partial charge on any atom is -0.353 e. The number of nitrogens with one attached hydrogen (secondary N) is 1. The van der Waals surface area contributed by atoms with Crippen LogP contribution in [0.3, 0.4) is 0 Å². The maximum Gasteiger partial charge on any atom is 0.241 e. The van der Waals surface area contributed by atoms with Crippen LogP contribution in [-0.4, -0.2) is 46.4 Å². The van der Waals surface area contributed by atoms with Crippen molar-refractivity contribution in [3.8, 4) is 0 Å². The Morgan fingerprint density at radius 2 is 1.83 bits per heavy atom. The van der Waals surface area contributed by atoms with E-state index in [1.807, 2.05) is 56.6 Å². The molecule has 24 heavy (non-hydrogen) atoms. The Balaban J connectivity index is 1.64. The molecule has 0 aliphatic rings. The molecule has 6 nitrogen and oxygen atoms in total. The molecule has 0 aliphatic heterocycles. The van der Waals surface area contributed by atoms with Crippen molar-refractivity contribution in [1.82, 2.24) is 25.2 Å². The predicted octanol–water partition coefficient (Wildman–Crippen LogP) is 1.85. The van der Waals surface area contributed by atoms with E-state index in [-0.39, 0.29) is 18.5 Å². The van der Waals surface area contributed by atoms with Gasteiger partial charge in [0.05, 0.1) is 11.6 Å². The normalized spacial score (nSPS) is 12.5. The van der Waals surface area contributed by atoms with Gasteiger partial charge in [0.1, 0.15) is 12.1 Å². The van der Waals surface area contributed by atoms with Gasteiger partial charge in [-0.2, -0.15) is 0 Å². The van der Waals surface area contributed by atoms with Crippen LogP contribution in [0.15, 0.2) is 54.6 Å². The largest absolute Gasteiger partial charge is 0.353 e. The van der Waals surface area contributed by atoms with E-state index in [1.54, 1.807) is 4.68 Å². The maximum absolute atomic E-state index is 12.3. The number of hydrogen-bond donors (Lipinski definition) is 1. The first kappa shape index (κ1) is 16.1. The first-order chi connectivity index (χ1) is 11.6. The second-order valence-corrected chi connectivity index (χ2v) is 5.93. The molecule has 0 radical (unpaired) electrons. The smallest absolute Gasteiger partial charge is 0.241 e. The number of likely N-dealkylation sites (N-methyl/N-ethyl adjacent to an activating group) is 1. The zero-order chi connectivity index (χ0) is 16.9. The Kier molecular flexibility index (Phi) is 4.86. The SMILES string of the molecule is CN(C)C(CNC(=O)Cn1nnc2ccccc21)c1ccccc1. The van der Waals surface area contributed by atoms with E-state index in [4.69, 9.17) is 0 Å². The molecule has 0 fully saturated rings. The molecular formula is C18H21N5O. The minimum atomic E-state index is -0.0755. The van der Waals surface area contributed by atoms with Crippen molar-refractivity contribution >= 4 is 16.9 Å². The van der Waals surface area contributed by atoms with Crippen LogP contribution in [-0.2, 0) is 11.3 Å². The summed E-state index contributed by atoms with van der Waals surface area (Å²) in [6.45, 7) is 0.706.